The van der Waals surface area contributed by atoms with E-state index in [1.807, 2.05) is 45.0 Å². The van der Waals surface area contributed by atoms with Gasteiger partial charge in [-0.05, 0) is 48.8 Å². The summed E-state index contributed by atoms with van der Waals surface area (Å²) in [5.74, 6) is 2.18. The van der Waals surface area contributed by atoms with Crippen LogP contribution in [0.1, 0.15) is 59.3 Å². The minimum absolute atomic E-state index is 0.0427. The first-order chi connectivity index (χ1) is 16.8. The van der Waals surface area contributed by atoms with Gasteiger partial charge in [-0.2, -0.15) is 0 Å². The number of amides is 2. The van der Waals surface area contributed by atoms with Gasteiger partial charge in [0.1, 0.15) is 12.0 Å². The predicted molar refractivity (Wildman–Crippen MR) is 135 cm³/mol. The number of Topliss-reactive ketones (excluding diaryl/α,β-unsaturated/α-hetero) is 1. The lowest BCUT2D eigenvalue weighted by Crippen LogP contribution is -2.48. The molecule has 1 aromatic rings. The van der Waals surface area contributed by atoms with Crippen LogP contribution in [0.2, 0.25) is 0 Å². The fourth-order valence-corrected chi connectivity index (χ4v) is 4.87. The molecule has 7 heteroatoms. The second-order valence-corrected chi connectivity index (χ2v) is 9.66. The van der Waals surface area contributed by atoms with E-state index >= 15 is 0 Å². The minimum atomic E-state index is -0.641. The second-order valence-electron chi connectivity index (χ2n) is 9.66. The number of carbonyl (C=O) groups is 4. The van der Waals surface area contributed by atoms with Crippen molar-refractivity contribution in [3.05, 3.63) is 34.7 Å². The van der Waals surface area contributed by atoms with Crippen LogP contribution in [-0.4, -0.2) is 36.0 Å². The van der Waals surface area contributed by atoms with Gasteiger partial charge in [-0.1, -0.05) is 57.4 Å². The van der Waals surface area contributed by atoms with Crippen LogP contribution in [0.4, 0.5) is 0 Å². The van der Waals surface area contributed by atoms with Crippen molar-refractivity contribution in [2.45, 2.75) is 71.4 Å². The van der Waals surface area contributed by atoms with E-state index in [2.05, 4.69) is 27.9 Å². The molecule has 2 amide bonds. The predicted octanol–water partition coefficient (Wildman–Crippen LogP) is 1.14. The maximum Gasteiger partial charge on any atom is 0.269 e. The van der Waals surface area contributed by atoms with Crippen molar-refractivity contribution in [2.24, 2.45) is 17.8 Å². The van der Waals surface area contributed by atoms with E-state index in [1.54, 1.807) is 6.08 Å². The van der Waals surface area contributed by atoms with Crippen LogP contribution in [0.15, 0.2) is 24.3 Å². The zero-order valence-corrected chi connectivity index (χ0v) is 20.7. The largest absolute Gasteiger partial charge is 0.346 e. The molecule has 7 nitrogen and oxygen atoms in total. The molecule has 2 unspecified atom stereocenters. The Bertz CT molecular complexity index is 1140. The summed E-state index contributed by atoms with van der Waals surface area (Å²) < 4.78 is 0. The molecule has 186 valence electrons. The van der Waals surface area contributed by atoms with Crippen LogP contribution in [-0.2, 0) is 19.2 Å². The van der Waals surface area contributed by atoms with Crippen molar-refractivity contribution in [1.82, 2.24) is 16.0 Å². The number of hydrogen-bond donors (Lipinski definition) is 3. The monoisotopic (exact) mass is 477 g/mol. The lowest BCUT2D eigenvalue weighted by molar-refractivity contribution is -0.129. The first kappa shape index (κ1) is 26.2. The van der Waals surface area contributed by atoms with Crippen LogP contribution in [0.5, 0.6) is 0 Å². The zero-order chi connectivity index (χ0) is 25.4. The van der Waals surface area contributed by atoms with Crippen molar-refractivity contribution < 1.29 is 19.2 Å². The van der Waals surface area contributed by atoms with Crippen LogP contribution < -0.4 is 26.4 Å². The van der Waals surface area contributed by atoms with Gasteiger partial charge in [0.15, 0.2) is 5.78 Å². The molecular weight excluding hydrogens is 442 g/mol. The standard InChI is InChI=1S/C28H35N3O4/c1-4-21(17-32)30-27(34)23-13-7-10-20(23)14-15-24(33)25(18(2)3)31-28(35)26-22-12-6-5-9-19(22)11-8-16-29-26/h5-6,9,11-12,17-18,20-21,23,25,29H,4,7,10,13-15H2,1-3H3,(H,30,34)(H,31,35)/t20-,21?,23?,25+/m1/s1. The minimum Gasteiger partial charge on any atom is -0.346 e. The lowest BCUT2D eigenvalue weighted by Gasteiger charge is -2.24. The highest BCUT2D eigenvalue weighted by Gasteiger charge is 2.35. The van der Waals surface area contributed by atoms with E-state index in [-0.39, 0.29) is 41.8 Å². The maximum atomic E-state index is 13.2. The average Bonchev–Trinajstić information content (AvgIpc) is 3.22. The number of benzene rings is 1. The number of aldehydes is 1. The van der Waals surface area contributed by atoms with Gasteiger partial charge in [0, 0.05) is 23.6 Å². The van der Waals surface area contributed by atoms with Gasteiger partial charge in [-0.25, -0.2) is 0 Å². The summed E-state index contributed by atoms with van der Waals surface area (Å²) in [7, 11) is 0. The molecule has 0 radical (unpaired) electrons. The number of carbonyl (C=O) groups excluding carboxylic acids is 4. The molecule has 35 heavy (non-hydrogen) atoms. The van der Waals surface area contributed by atoms with Crippen molar-refractivity contribution in [1.29, 1.82) is 0 Å². The van der Waals surface area contributed by atoms with Gasteiger partial charge in [0.2, 0.25) is 5.91 Å². The molecule has 1 saturated carbocycles. The summed E-state index contributed by atoms with van der Waals surface area (Å²) in [6.45, 7) is 5.67. The quantitative estimate of drug-likeness (QED) is 0.328. The van der Waals surface area contributed by atoms with E-state index in [0.29, 0.717) is 18.5 Å². The third kappa shape index (κ3) is 6.60. The lowest BCUT2D eigenvalue weighted by atomic mass is 9.87. The number of ketones is 1. The van der Waals surface area contributed by atoms with Gasteiger partial charge in [-0.15, -0.1) is 0 Å². The third-order valence-electron chi connectivity index (χ3n) is 6.93. The third-order valence-corrected chi connectivity index (χ3v) is 6.93. The van der Waals surface area contributed by atoms with Gasteiger partial charge in [-0.3, -0.25) is 14.4 Å². The Hall–Kier alpha value is -3.40. The topological polar surface area (TPSA) is 104 Å². The number of nitrogens with one attached hydrogen (secondary N) is 3. The van der Waals surface area contributed by atoms with E-state index in [4.69, 9.17) is 0 Å². The van der Waals surface area contributed by atoms with Gasteiger partial charge in [0.05, 0.1) is 12.1 Å². The van der Waals surface area contributed by atoms with E-state index in [9.17, 15) is 19.2 Å². The number of hydrogen-bond acceptors (Lipinski definition) is 5. The van der Waals surface area contributed by atoms with Crippen LogP contribution in [0.25, 0.3) is 11.8 Å². The molecule has 0 saturated heterocycles. The van der Waals surface area contributed by atoms with Crippen molar-refractivity contribution >= 4 is 35.7 Å². The summed E-state index contributed by atoms with van der Waals surface area (Å²) in [5.41, 5.74) is 0.327. The Kier molecular flexibility index (Phi) is 9.25. The number of rotatable bonds is 11. The van der Waals surface area contributed by atoms with Crippen molar-refractivity contribution in [3.8, 4) is 12.0 Å². The first-order valence-electron chi connectivity index (χ1n) is 12.5. The van der Waals surface area contributed by atoms with E-state index in [1.165, 1.54) is 0 Å². The highest BCUT2D eigenvalue weighted by molar-refractivity contribution is 6.14. The Labute approximate surface area is 206 Å². The fraction of sp³-hybridized carbons (Fsp3) is 0.500. The van der Waals surface area contributed by atoms with Crippen LogP contribution in [0.3, 0.4) is 0 Å². The summed E-state index contributed by atoms with van der Waals surface area (Å²) >= 11 is 0. The average molecular weight is 478 g/mol. The highest BCUT2D eigenvalue weighted by atomic mass is 16.2. The molecule has 4 atom stereocenters. The molecule has 0 aromatic heterocycles. The summed E-state index contributed by atoms with van der Waals surface area (Å²) in [6, 6.07) is 9.12. The number of fused-ring (bicyclic) bond motifs is 1. The molecular formula is C28H35N3O4. The molecule has 1 aromatic carbocycles. The zero-order valence-electron chi connectivity index (χ0n) is 20.7. The highest BCUT2D eigenvalue weighted by Crippen LogP contribution is 2.35. The maximum absolute atomic E-state index is 13.2. The molecule has 2 aliphatic rings. The molecule has 3 rings (SSSR count). The molecule has 0 bridgehead atoms. The first-order valence-corrected chi connectivity index (χ1v) is 12.5. The SMILES string of the molecule is CCC(C=O)NC(=O)C1CCC[C@@H]1CCC(=O)[C@@H](NC(=O)C1=c2ccccc2=CC#CN1)C(C)C. The van der Waals surface area contributed by atoms with Crippen LogP contribution >= 0.6 is 0 Å². The summed E-state index contributed by atoms with van der Waals surface area (Å²) in [6.07, 6.45) is 6.54. The molecule has 1 heterocycles. The molecule has 1 fully saturated rings. The smallest absolute Gasteiger partial charge is 0.269 e. The second kappa shape index (κ2) is 12.3. The Morgan fingerprint density at radius 1 is 1.17 bits per heavy atom. The van der Waals surface area contributed by atoms with E-state index < -0.39 is 12.1 Å². The van der Waals surface area contributed by atoms with Crippen molar-refractivity contribution in [2.75, 3.05) is 0 Å². The fourth-order valence-electron chi connectivity index (χ4n) is 4.87. The molecule has 1 aliphatic heterocycles. The van der Waals surface area contributed by atoms with Gasteiger partial charge < -0.3 is 20.7 Å². The summed E-state index contributed by atoms with van der Waals surface area (Å²) in [5, 5.41) is 10.2. The van der Waals surface area contributed by atoms with Gasteiger partial charge >= 0.3 is 0 Å². The molecule has 0 spiro atoms. The van der Waals surface area contributed by atoms with E-state index in [0.717, 1.165) is 36.0 Å². The summed E-state index contributed by atoms with van der Waals surface area (Å²) in [4.78, 5) is 50.2. The Morgan fingerprint density at radius 3 is 2.66 bits per heavy atom. The molecule has 1 aliphatic carbocycles. The van der Waals surface area contributed by atoms with Crippen LogP contribution in [0, 0.1) is 29.7 Å². The Balaban J connectivity index is 1.66. The van der Waals surface area contributed by atoms with Crippen molar-refractivity contribution in [3.63, 3.8) is 0 Å². The molecule has 3 N–H and O–H groups in total. The Morgan fingerprint density at radius 2 is 1.94 bits per heavy atom. The van der Waals surface area contributed by atoms with Gasteiger partial charge in [0.25, 0.3) is 5.91 Å². The normalized spacial score (nSPS) is 20.2.